The summed E-state index contributed by atoms with van der Waals surface area (Å²) in [6.45, 7) is 2.74. The summed E-state index contributed by atoms with van der Waals surface area (Å²) in [5.41, 5.74) is 1.09. The number of anilines is 1. The van der Waals surface area contributed by atoms with Gasteiger partial charge in [0.15, 0.2) is 0 Å². The van der Waals surface area contributed by atoms with Crippen molar-refractivity contribution >= 4 is 40.8 Å². The number of carbonyl (C=O) groups is 2. The maximum Gasteiger partial charge on any atom is 1.00 e. The molecule has 3 aromatic rings. The van der Waals surface area contributed by atoms with Crippen LogP contribution in [0.2, 0.25) is 10.0 Å². The van der Waals surface area contributed by atoms with Crippen LogP contribution in [0.1, 0.15) is 34.6 Å². The van der Waals surface area contributed by atoms with E-state index in [1.807, 2.05) is 31.2 Å². The Morgan fingerprint density at radius 1 is 0.938 bits per heavy atom. The van der Waals surface area contributed by atoms with Gasteiger partial charge in [0, 0.05) is 5.02 Å². The fourth-order valence-electron chi connectivity index (χ4n) is 2.78. The number of amides is 1. The average molecular weight is 468 g/mol. The van der Waals surface area contributed by atoms with Crippen LogP contribution in [0.15, 0.2) is 60.7 Å². The van der Waals surface area contributed by atoms with E-state index >= 15 is 0 Å². The zero-order valence-electron chi connectivity index (χ0n) is 18.5. The molecule has 0 fully saturated rings. The second kappa shape index (κ2) is 11.8. The fourth-order valence-corrected chi connectivity index (χ4v) is 3.27. The molecule has 6 nitrogen and oxygen atoms in total. The van der Waals surface area contributed by atoms with Crippen molar-refractivity contribution in [3.05, 3.63) is 87.4 Å². The van der Waals surface area contributed by atoms with Gasteiger partial charge in [-0.05, 0) is 61.0 Å². The summed E-state index contributed by atoms with van der Waals surface area (Å²) in [6, 6.07) is 16.3. The Hall–Kier alpha value is -2.62. The Morgan fingerprint density at radius 3 is 2.25 bits per heavy atom. The van der Waals surface area contributed by atoms with Gasteiger partial charge in [-0.25, -0.2) is 4.79 Å². The number of hydrogen-bond acceptors (Lipinski definition) is 4. The van der Waals surface area contributed by atoms with Crippen molar-refractivity contribution in [3.63, 3.8) is 0 Å². The molecule has 2 N–H and O–H groups in total. The zero-order valence-corrected chi connectivity index (χ0v) is 19.0. The Morgan fingerprint density at radius 2 is 1.62 bits per heavy atom. The molecule has 0 bridgehead atoms. The second-order valence-corrected chi connectivity index (χ2v) is 7.30. The molecular formula is C23H20Cl2LiNO5. The van der Waals surface area contributed by atoms with Gasteiger partial charge in [0.25, 0.3) is 5.91 Å². The first-order valence-electron chi connectivity index (χ1n) is 9.35. The van der Waals surface area contributed by atoms with Gasteiger partial charge < -0.3 is 21.3 Å². The van der Waals surface area contributed by atoms with Crippen molar-refractivity contribution in [1.29, 1.82) is 0 Å². The molecule has 0 spiro atoms. The van der Waals surface area contributed by atoms with Crippen LogP contribution < -0.4 is 33.7 Å². The normalized spacial score (nSPS) is 10.1. The summed E-state index contributed by atoms with van der Waals surface area (Å²) in [5.74, 6) is -0.634. The quantitative estimate of drug-likeness (QED) is 0.497. The number of carboxylic acid groups (broad SMARTS) is 1. The molecule has 0 saturated heterocycles. The van der Waals surface area contributed by atoms with E-state index in [4.69, 9.17) is 32.7 Å². The van der Waals surface area contributed by atoms with E-state index in [0.717, 1.165) is 11.3 Å². The van der Waals surface area contributed by atoms with Gasteiger partial charge in [-0.1, -0.05) is 35.3 Å². The molecule has 0 saturated carbocycles. The third kappa shape index (κ3) is 6.69. The number of rotatable bonds is 8. The molecule has 0 heterocycles. The van der Waals surface area contributed by atoms with E-state index < -0.39 is 11.9 Å². The van der Waals surface area contributed by atoms with Gasteiger partial charge in [-0.2, -0.15) is 0 Å². The van der Waals surface area contributed by atoms with Crippen molar-refractivity contribution in [2.75, 3.05) is 11.9 Å². The molecule has 3 rings (SSSR count). The molecule has 32 heavy (non-hydrogen) atoms. The van der Waals surface area contributed by atoms with Gasteiger partial charge in [-0.15, -0.1) is 0 Å². The maximum absolute atomic E-state index is 12.5. The minimum Gasteiger partial charge on any atom is -1.00 e. The minimum atomic E-state index is -1.20. The molecule has 0 radical (unpaired) electrons. The van der Waals surface area contributed by atoms with Crippen molar-refractivity contribution in [1.82, 2.24) is 0 Å². The van der Waals surface area contributed by atoms with Crippen LogP contribution in [0.5, 0.6) is 11.5 Å². The second-order valence-electron chi connectivity index (χ2n) is 6.46. The van der Waals surface area contributed by atoms with E-state index in [1.165, 1.54) is 30.3 Å². The van der Waals surface area contributed by atoms with Gasteiger partial charge in [0.2, 0.25) is 0 Å². The van der Waals surface area contributed by atoms with E-state index in [9.17, 15) is 14.7 Å². The summed E-state index contributed by atoms with van der Waals surface area (Å²) >= 11 is 11.9. The van der Waals surface area contributed by atoms with Crippen molar-refractivity contribution in [2.45, 2.75) is 13.5 Å². The van der Waals surface area contributed by atoms with Crippen molar-refractivity contribution in [3.8, 4) is 11.5 Å². The average Bonchev–Trinajstić information content (AvgIpc) is 2.74. The fraction of sp³-hybridized carbons (Fsp3) is 0.130. The van der Waals surface area contributed by atoms with Crippen LogP contribution >= 0.6 is 23.2 Å². The number of benzene rings is 3. The third-order valence-electron chi connectivity index (χ3n) is 4.29. The van der Waals surface area contributed by atoms with Crippen LogP contribution in [-0.2, 0) is 6.61 Å². The topological polar surface area (TPSA) is 84.9 Å². The first kappa shape index (κ1) is 25.6. The monoisotopic (exact) mass is 467 g/mol. The Labute approximate surface area is 209 Å². The Balaban J connectivity index is 0.00000272. The predicted molar refractivity (Wildman–Crippen MR) is 121 cm³/mol. The Bertz CT molecular complexity index is 1110. The van der Waals surface area contributed by atoms with Crippen LogP contribution in [0, 0.1) is 0 Å². The van der Waals surface area contributed by atoms with Crippen molar-refractivity contribution in [2.24, 2.45) is 0 Å². The first-order chi connectivity index (χ1) is 14.9. The van der Waals surface area contributed by atoms with Gasteiger partial charge in [-0.3, -0.25) is 4.79 Å². The number of nitrogens with one attached hydrogen (secondary N) is 1. The van der Waals surface area contributed by atoms with Gasteiger partial charge in [0.05, 0.1) is 28.4 Å². The van der Waals surface area contributed by atoms with Gasteiger partial charge >= 0.3 is 24.8 Å². The molecule has 162 valence electrons. The van der Waals surface area contributed by atoms with E-state index in [2.05, 4.69) is 5.32 Å². The number of carbonyl (C=O) groups excluding carboxylic acids is 1. The molecule has 0 atom stereocenters. The summed E-state index contributed by atoms with van der Waals surface area (Å²) < 4.78 is 11.1. The zero-order chi connectivity index (χ0) is 22.4. The summed E-state index contributed by atoms with van der Waals surface area (Å²) in [5, 5.41) is 12.7. The predicted octanol–water partition coefficient (Wildman–Crippen LogP) is 3.04. The molecule has 0 unspecified atom stereocenters. The number of aromatic carboxylic acids is 1. The summed E-state index contributed by atoms with van der Waals surface area (Å²) in [7, 11) is 0. The van der Waals surface area contributed by atoms with E-state index in [0.29, 0.717) is 17.4 Å². The number of ether oxygens (including phenoxy) is 2. The molecular weight excluding hydrogens is 448 g/mol. The molecule has 3 aromatic carbocycles. The first-order valence-corrected chi connectivity index (χ1v) is 10.1. The molecule has 0 aromatic heterocycles. The van der Waals surface area contributed by atoms with E-state index in [1.54, 1.807) is 6.07 Å². The number of carboxylic acids is 1. The van der Waals surface area contributed by atoms with Crippen LogP contribution in [0.25, 0.3) is 0 Å². The van der Waals surface area contributed by atoms with Crippen LogP contribution in [-0.4, -0.2) is 23.6 Å². The van der Waals surface area contributed by atoms with Gasteiger partial charge in [0.1, 0.15) is 18.1 Å². The molecule has 0 aliphatic rings. The Kier molecular flexibility index (Phi) is 9.49. The molecule has 0 aliphatic carbocycles. The summed E-state index contributed by atoms with van der Waals surface area (Å²) in [6.07, 6.45) is 0. The number of hydrogen-bond donors (Lipinski definition) is 2. The SMILES string of the molecule is CCOc1ccc(COc2ccc(NC(=O)c3ccc(Cl)cc3Cl)c(C(=O)O)c2)cc1.[H-].[Li+]. The third-order valence-corrected chi connectivity index (χ3v) is 4.83. The molecule has 1 amide bonds. The van der Waals surface area contributed by atoms with Crippen LogP contribution in [0.3, 0.4) is 0 Å². The van der Waals surface area contributed by atoms with Crippen LogP contribution in [0.4, 0.5) is 5.69 Å². The number of halogens is 2. The molecule has 9 heteroatoms. The van der Waals surface area contributed by atoms with E-state index in [-0.39, 0.29) is 48.7 Å². The standard InChI is InChI=1S/C23H19Cl2NO5.Li.H/c1-2-30-16-6-3-14(4-7-16)13-31-17-8-10-21(19(12-17)23(28)29)26-22(27)18-9-5-15(24)11-20(18)25;;/h3-12H,2,13H2,1H3,(H,26,27)(H,28,29);;/q;+1;-1. The smallest absolute Gasteiger partial charge is 1.00 e. The van der Waals surface area contributed by atoms with Crippen molar-refractivity contribution < 1.29 is 44.5 Å². The largest absolute Gasteiger partial charge is 1.00 e. The summed E-state index contributed by atoms with van der Waals surface area (Å²) in [4.78, 5) is 24.2. The minimum absolute atomic E-state index is 0. The molecule has 0 aliphatic heterocycles. The maximum atomic E-state index is 12.5.